The molecule has 8 heteroatoms. The lowest BCUT2D eigenvalue weighted by atomic mass is 9.96. The van der Waals surface area contributed by atoms with E-state index in [0.29, 0.717) is 5.03 Å². The predicted molar refractivity (Wildman–Crippen MR) is 80.7 cm³/mol. The third-order valence-corrected chi connectivity index (χ3v) is 4.22. The van der Waals surface area contributed by atoms with Crippen molar-refractivity contribution in [1.29, 1.82) is 0 Å². The van der Waals surface area contributed by atoms with Crippen molar-refractivity contribution in [2.45, 2.75) is 43.2 Å². The molecule has 0 radical (unpaired) electrons. The summed E-state index contributed by atoms with van der Waals surface area (Å²) in [5.74, 6) is -0.0265. The van der Waals surface area contributed by atoms with Crippen molar-refractivity contribution in [1.82, 2.24) is 20.6 Å². The standard InChI is InChI=1S/C13H19N5O2S/c14-11-12(16-7-6-15-11)21-8-10(19)18-13(20)17-9-4-2-1-3-5-9/h6-7,9H,1-5,8H2,(H2,14,15)(H2,17,18,19,20). The van der Waals surface area contributed by atoms with Gasteiger partial charge < -0.3 is 11.1 Å². The highest BCUT2D eigenvalue weighted by Gasteiger charge is 2.17. The first-order valence-corrected chi connectivity index (χ1v) is 7.93. The molecule has 3 amide bonds. The van der Waals surface area contributed by atoms with Gasteiger partial charge in [-0.15, -0.1) is 0 Å². The van der Waals surface area contributed by atoms with Crippen LogP contribution in [0.4, 0.5) is 10.6 Å². The molecule has 1 aliphatic rings. The Kier molecular flexibility index (Phi) is 5.79. The molecular weight excluding hydrogens is 290 g/mol. The van der Waals surface area contributed by atoms with Gasteiger partial charge in [0.15, 0.2) is 5.82 Å². The number of hydrogen-bond acceptors (Lipinski definition) is 6. The van der Waals surface area contributed by atoms with E-state index >= 15 is 0 Å². The number of urea groups is 1. The number of amides is 3. The van der Waals surface area contributed by atoms with E-state index in [1.165, 1.54) is 18.8 Å². The van der Waals surface area contributed by atoms with Crippen LogP contribution in [0.3, 0.4) is 0 Å². The van der Waals surface area contributed by atoms with Crippen molar-refractivity contribution in [3.8, 4) is 0 Å². The Balaban J connectivity index is 1.71. The monoisotopic (exact) mass is 309 g/mol. The van der Waals surface area contributed by atoms with Gasteiger partial charge in [-0.2, -0.15) is 0 Å². The molecule has 1 aromatic rings. The van der Waals surface area contributed by atoms with Crippen LogP contribution in [0.1, 0.15) is 32.1 Å². The van der Waals surface area contributed by atoms with Gasteiger partial charge >= 0.3 is 6.03 Å². The van der Waals surface area contributed by atoms with Gasteiger partial charge in [0, 0.05) is 18.4 Å². The zero-order valence-corrected chi connectivity index (χ0v) is 12.5. The van der Waals surface area contributed by atoms with Crippen molar-refractivity contribution >= 4 is 29.5 Å². The number of thioether (sulfide) groups is 1. The average Bonchev–Trinajstić information content (AvgIpc) is 2.47. The topological polar surface area (TPSA) is 110 Å². The average molecular weight is 309 g/mol. The Hall–Kier alpha value is -1.83. The SMILES string of the molecule is Nc1nccnc1SCC(=O)NC(=O)NC1CCCCC1. The summed E-state index contributed by atoms with van der Waals surface area (Å²) in [7, 11) is 0. The quantitative estimate of drug-likeness (QED) is 0.723. The summed E-state index contributed by atoms with van der Waals surface area (Å²) in [6, 6.07) is -0.255. The van der Waals surface area contributed by atoms with Gasteiger partial charge in [-0.25, -0.2) is 14.8 Å². The first-order valence-electron chi connectivity index (χ1n) is 6.95. The molecule has 2 rings (SSSR count). The molecule has 0 bridgehead atoms. The van der Waals surface area contributed by atoms with Crippen molar-refractivity contribution in [2.75, 3.05) is 11.5 Å². The molecule has 0 aliphatic heterocycles. The van der Waals surface area contributed by atoms with Crippen LogP contribution in [0.5, 0.6) is 0 Å². The van der Waals surface area contributed by atoms with Crippen LogP contribution in [0.15, 0.2) is 17.4 Å². The van der Waals surface area contributed by atoms with E-state index in [2.05, 4.69) is 20.6 Å². The first kappa shape index (κ1) is 15.6. The second kappa shape index (κ2) is 7.82. The highest BCUT2D eigenvalue weighted by atomic mass is 32.2. The van der Waals surface area contributed by atoms with Gasteiger partial charge in [0.2, 0.25) is 5.91 Å². The van der Waals surface area contributed by atoms with Crippen molar-refractivity contribution in [3.63, 3.8) is 0 Å². The lowest BCUT2D eigenvalue weighted by molar-refractivity contribution is -0.117. The van der Waals surface area contributed by atoms with Crippen LogP contribution in [0.25, 0.3) is 0 Å². The van der Waals surface area contributed by atoms with E-state index in [9.17, 15) is 9.59 Å². The second-order valence-electron chi connectivity index (χ2n) is 4.89. The van der Waals surface area contributed by atoms with Gasteiger partial charge in [0.05, 0.1) is 5.75 Å². The molecule has 4 N–H and O–H groups in total. The molecule has 0 saturated heterocycles. The van der Waals surface area contributed by atoms with E-state index in [1.54, 1.807) is 0 Å². The normalized spacial score (nSPS) is 15.4. The number of nitrogens with zero attached hydrogens (tertiary/aromatic N) is 2. The Labute approximate surface area is 127 Å². The number of carbonyl (C=O) groups is 2. The minimum absolute atomic E-state index is 0.0704. The van der Waals surface area contributed by atoms with Gasteiger partial charge in [-0.3, -0.25) is 10.1 Å². The van der Waals surface area contributed by atoms with Crippen LogP contribution in [-0.4, -0.2) is 33.7 Å². The van der Waals surface area contributed by atoms with Gasteiger partial charge in [-0.05, 0) is 12.8 Å². The van der Waals surface area contributed by atoms with Crippen LogP contribution in [0, 0.1) is 0 Å². The van der Waals surface area contributed by atoms with Gasteiger partial charge in [-0.1, -0.05) is 31.0 Å². The van der Waals surface area contributed by atoms with E-state index in [1.807, 2.05) is 0 Å². The highest BCUT2D eigenvalue weighted by molar-refractivity contribution is 8.00. The molecule has 0 unspecified atom stereocenters. The Morgan fingerprint density at radius 2 is 1.95 bits per heavy atom. The molecular formula is C13H19N5O2S. The summed E-state index contributed by atoms with van der Waals surface area (Å²) in [6.45, 7) is 0. The molecule has 1 aliphatic carbocycles. The molecule has 0 aromatic carbocycles. The van der Waals surface area contributed by atoms with Crippen LogP contribution in [0.2, 0.25) is 0 Å². The summed E-state index contributed by atoms with van der Waals surface area (Å²) in [5.41, 5.74) is 5.63. The summed E-state index contributed by atoms with van der Waals surface area (Å²) in [5, 5.41) is 5.63. The van der Waals surface area contributed by atoms with Crippen LogP contribution >= 0.6 is 11.8 Å². The molecule has 1 aromatic heterocycles. The Morgan fingerprint density at radius 3 is 2.67 bits per heavy atom. The number of carbonyl (C=O) groups excluding carboxylic acids is 2. The Bertz CT molecular complexity index is 505. The van der Waals surface area contributed by atoms with Crippen molar-refractivity contribution in [2.24, 2.45) is 0 Å². The van der Waals surface area contributed by atoms with E-state index in [0.717, 1.165) is 37.4 Å². The maximum absolute atomic E-state index is 11.7. The molecule has 0 spiro atoms. The second-order valence-corrected chi connectivity index (χ2v) is 5.86. The number of nitrogens with one attached hydrogen (secondary N) is 2. The summed E-state index contributed by atoms with van der Waals surface area (Å²) in [4.78, 5) is 31.3. The van der Waals surface area contributed by atoms with Crippen LogP contribution < -0.4 is 16.4 Å². The zero-order chi connectivity index (χ0) is 15.1. The fourth-order valence-corrected chi connectivity index (χ4v) is 2.89. The van der Waals surface area contributed by atoms with Gasteiger partial charge in [0.25, 0.3) is 0 Å². The van der Waals surface area contributed by atoms with E-state index < -0.39 is 6.03 Å². The third-order valence-electron chi connectivity index (χ3n) is 3.22. The highest BCUT2D eigenvalue weighted by Crippen LogP contribution is 2.19. The fraction of sp³-hybridized carbons (Fsp3) is 0.538. The molecule has 0 atom stereocenters. The number of nitrogens with two attached hydrogens (primary N) is 1. The molecule has 1 saturated carbocycles. The smallest absolute Gasteiger partial charge is 0.321 e. The van der Waals surface area contributed by atoms with Crippen LogP contribution in [-0.2, 0) is 4.79 Å². The largest absolute Gasteiger partial charge is 0.381 e. The maximum atomic E-state index is 11.7. The number of nitrogen functional groups attached to an aromatic ring is 1. The van der Waals surface area contributed by atoms with Crippen molar-refractivity contribution in [3.05, 3.63) is 12.4 Å². The minimum atomic E-state index is -0.431. The van der Waals surface area contributed by atoms with E-state index in [4.69, 9.17) is 5.73 Å². The van der Waals surface area contributed by atoms with E-state index in [-0.39, 0.29) is 23.5 Å². The molecule has 114 valence electrons. The first-order chi connectivity index (χ1) is 10.1. The molecule has 21 heavy (non-hydrogen) atoms. The number of rotatable bonds is 4. The third kappa shape index (κ3) is 5.22. The number of aromatic nitrogens is 2. The Morgan fingerprint density at radius 1 is 1.24 bits per heavy atom. The molecule has 1 fully saturated rings. The summed E-state index contributed by atoms with van der Waals surface area (Å²) >= 11 is 1.15. The summed E-state index contributed by atoms with van der Waals surface area (Å²) in [6.07, 6.45) is 8.42. The van der Waals surface area contributed by atoms with Gasteiger partial charge in [0.1, 0.15) is 5.03 Å². The lowest BCUT2D eigenvalue weighted by Crippen LogP contribution is -2.45. The number of hydrogen-bond donors (Lipinski definition) is 3. The molecule has 7 nitrogen and oxygen atoms in total. The lowest BCUT2D eigenvalue weighted by Gasteiger charge is -2.22. The zero-order valence-electron chi connectivity index (χ0n) is 11.7. The fourth-order valence-electron chi connectivity index (χ4n) is 2.21. The minimum Gasteiger partial charge on any atom is -0.381 e. The number of imide groups is 1. The maximum Gasteiger partial charge on any atom is 0.321 e. The molecule has 1 heterocycles. The predicted octanol–water partition coefficient (Wildman–Crippen LogP) is 1.31. The summed E-state index contributed by atoms with van der Waals surface area (Å²) < 4.78 is 0. The number of anilines is 1. The van der Waals surface area contributed by atoms with Crippen molar-refractivity contribution < 1.29 is 9.59 Å².